The molecule has 0 amide bonds. The number of aromatic nitrogens is 4. The van der Waals surface area contributed by atoms with E-state index >= 15 is 0 Å². The molecule has 0 bridgehead atoms. The first-order valence-electron chi connectivity index (χ1n) is 4.87. The topological polar surface area (TPSA) is 186 Å². The van der Waals surface area contributed by atoms with Crippen molar-refractivity contribution in [1.82, 2.24) is 19.9 Å². The normalized spacial score (nSPS) is 7.73. The minimum atomic E-state index is -0.187. The largest absolute Gasteiger partial charge is 2.00 e. The van der Waals surface area contributed by atoms with Gasteiger partial charge in [0.2, 0.25) is 11.1 Å². The van der Waals surface area contributed by atoms with Gasteiger partial charge in [-0.2, -0.15) is 0 Å². The average Bonchev–Trinajstić information content (AvgIpc) is 2.12. The number of H-pyrrole nitrogens is 2. The fourth-order valence-electron chi connectivity index (χ4n) is 1.10. The first-order valence-corrected chi connectivity index (χ1v) is 5.68. The molecule has 8 N–H and O–H groups in total. The van der Waals surface area contributed by atoms with Crippen LogP contribution in [0.25, 0.3) is 0 Å². The minimum absolute atomic E-state index is 0. The molecule has 2 aromatic heterocycles. The molecule has 2 rings (SSSR count). The Bertz CT molecular complexity index is 560. The molecule has 12 heteroatoms. The van der Waals surface area contributed by atoms with E-state index in [9.17, 15) is 9.59 Å². The zero-order valence-corrected chi connectivity index (χ0v) is 16.5. The van der Waals surface area contributed by atoms with Gasteiger partial charge in [-0.25, -0.2) is 0 Å². The van der Waals surface area contributed by atoms with Gasteiger partial charge in [0.15, 0.2) is 0 Å². The number of hydrogen-bond acceptors (Lipinski definition) is 6. The minimum Gasteiger partial charge on any atom is -0.742 e. The number of hydrogen-bond donors (Lipinski definition) is 2. The van der Waals surface area contributed by atoms with Crippen LogP contribution in [0.4, 0.5) is 0 Å². The molecule has 0 aliphatic carbocycles. The van der Waals surface area contributed by atoms with Crippen molar-refractivity contribution in [2.75, 3.05) is 0 Å². The number of aromatic amines is 2. The summed E-state index contributed by atoms with van der Waals surface area (Å²) in [4.78, 5) is 33.4. The van der Waals surface area contributed by atoms with Crippen molar-refractivity contribution in [2.45, 2.75) is 24.2 Å². The maximum absolute atomic E-state index is 10.5. The first-order chi connectivity index (χ1) is 8.36. The summed E-state index contributed by atoms with van der Waals surface area (Å²) in [6, 6.07) is 2.80. The van der Waals surface area contributed by atoms with Gasteiger partial charge in [0, 0.05) is 23.5 Å². The first kappa shape index (κ1) is 28.8. The van der Waals surface area contributed by atoms with Crippen LogP contribution in [0.2, 0.25) is 0 Å². The van der Waals surface area contributed by atoms with Gasteiger partial charge in [0.25, 0.3) is 0 Å². The molecule has 0 radical (unpaired) electrons. The zero-order valence-electron chi connectivity index (χ0n) is 11.9. The number of nitrogens with zero attached hydrogens (tertiary/aromatic N) is 2. The predicted octanol–water partition coefficient (Wildman–Crippen LogP) is -2.51. The van der Waals surface area contributed by atoms with E-state index in [4.69, 9.17) is 0 Å². The number of rotatable bonds is 0. The second kappa shape index (κ2) is 13.4. The van der Waals surface area contributed by atoms with E-state index in [0.717, 1.165) is 0 Å². The van der Waals surface area contributed by atoms with Crippen LogP contribution in [0.3, 0.4) is 0 Å². The van der Waals surface area contributed by atoms with Gasteiger partial charge in [0.05, 0.1) is 0 Å². The Morgan fingerprint density at radius 1 is 0.818 bits per heavy atom. The van der Waals surface area contributed by atoms with E-state index in [-0.39, 0.29) is 57.3 Å². The molecule has 9 nitrogen and oxygen atoms in total. The van der Waals surface area contributed by atoms with Crippen LogP contribution >= 0.6 is 0 Å². The summed E-state index contributed by atoms with van der Waals surface area (Å²) in [5.74, 6) is 0. The Hall–Kier alpha value is -1.30. The van der Waals surface area contributed by atoms with Crippen molar-refractivity contribution in [1.29, 1.82) is 0 Å². The summed E-state index contributed by atoms with van der Waals surface area (Å²) in [5.41, 5.74) is 0.938. The van der Waals surface area contributed by atoms with E-state index in [0.29, 0.717) is 11.4 Å². The smallest absolute Gasteiger partial charge is 0.742 e. The fraction of sp³-hybridized carbons (Fsp3) is 0.200. The molecule has 2 heterocycles. The van der Waals surface area contributed by atoms with Crippen LogP contribution in [-0.4, -0.2) is 36.4 Å². The van der Waals surface area contributed by atoms with Gasteiger partial charge in [-0.3, -0.25) is 19.6 Å². The molecule has 0 atom stereocenters. The molecule has 0 aromatic carbocycles. The van der Waals surface area contributed by atoms with Crippen molar-refractivity contribution in [2.24, 2.45) is 0 Å². The SMILES string of the molecule is Cc1cc(=O)[nH]c([S-])n1.Cc1cc(=O)[nH]c([S-])n1.O.O.O.[Zn+2]. The van der Waals surface area contributed by atoms with Gasteiger partial charge in [-0.05, 0) is 24.2 Å². The molecule has 2 aromatic rings. The van der Waals surface area contributed by atoms with Crippen molar-refractivity contribution < 1.29 is 35.9 Å². The molecule has 0 aliphatic rings. The van der Waals surface area contributed by atoms with Gasteiger partial charge >= 0.3 is 19.5 Å². The van der Waals surface area contributed by atoms with E-state index in [1.54, 1.807) is 13.8 Å². The summed E-state index contributed by atoms with van der Waals surface area (Å²) in [6.45, 7) is 3.45. The maximum Gasteiger partial charge on any atom is 2.00 e. The Balaban J connectivity index is -0.000000125. The molecule has 0 saturated heterocycles. The van der Waals surface area contributed by atoms with Crippen LogP contribution < -0.4 is 11.1 Å². The van der Waals surface area contributed by atoms with Crippen LogP contribution in [0.5, 0.6) is 0 Å². The summed E-state index contributed by atoms with van der Waals surface area (Å²) in [5, 5.41) is 0.500. The third kappa shape index (κ3) is 11.4. The summed E-state index contributed by atoms with van der Waals surface area (Å²) < 4.78 is 0. The molecular weight excluding hydrogens is 386 g/mol. The van der Waals surface area contributed by atoms with Crippen molar-refractivity contribution in [3.8, 4) is 0 Å². The van der Waals surface area contributed by atoms with Crippen molar-refractivity contribution in [3.05, 3.63) is 44.2 Å². The molecule has 0 unspecified atom stereocenters. The van der Waals surface area contributed by atoms with Crippen LogP contribution in [0.1, 0.15) is 11.4 Å². The molecule has 0 fully saturated rings. The van der Waals surface area contributed by atoms with E-state index in [1.165, 1.54) is 12.1 Å². The molecule has 0 aliphatic heterocycles. The predicted molar refractivity (Wildman–Crippen MR) is 81.3 cm³/mol. The second-order valence-corrected chi connectivity index (χ2v) is 4.16. The van der Waals surface area contributed by atoms with E-state index in [2.05, 4.69) is 45.2 Å². The Kier molecular flexibility index (Phi) is 17.5. The monoisotopic (exact) mass is 400 g/mol. The Morgan fingerprint density at radius 2 is 1.09 bits per heavy atom. The number of nitrogens with one attached hydrogen (secondary N) is 2. The summed E-state index contributed by atoms with van der Waals surface area (Å²) in [7, 11) is 0. The van der Waals surface area contributed by atoms with E-state index < -0.39 is 0 Å². The van der Waals surface area contributed by atoms with Crippen LogP contribution in [-0.2, 0) is 44.7 Å². The quantitative estimate of drug-likeness (QED) is 0.278. The Labute approximate surface area is 149 Å². The average molecular weight is 402 g/mol. The zero-order chi connectivity index (χ0) is 13.7. The second-order valence-electron chi connectivity index (χ2n) is 3.38. The van der Waals surface area contributed by atoms with Crippen molar-refractivity contribution >= 4 is 25.3 Å². The molecule has 22 heavy (non-hydrogen) atoms. The standard InChI is InChI=1S/2C5H6N2OS.3H2O.Zn/c2*1-3-2-4(8)7-5(9)6-3;;;;/h2*2H,1H3,(H2,6,7,8,9);3*1H2;/q;;;;;+2/p-2. The van der Waals surface area contributed by atoms with Gasteiger partial charge < -0.3 is 51.7 Å². The number of aryl methyl sites for hydroxylation is 2. The third-order valence-corrected chi connectivity index (χ3v) is 2.08. The Morgan fingerprint density at radius 3 is 1.27 bits per heavy atom. The fourth-order valence-corrected chi connectivity index (χ4v) is 1.59. The van der Waals surface area contributed by atoms with Gasteiger partial charge in [-0.1, -0.05) is 0 Å². The molecule has 120 valence electrons. The third-order valence-electron chi connectivity index (χ3n) is 1.70. The summed E-state index contributed by atoms with van der Waals surface area (Å²) >= 11 is 9.24. The summed E-state index contributed by atoms with van der Waals surface area (Å²) in [6.07, 6.45) is 0. The molecule has 0 saturated carbocycles. The van der Waals surface area contributed by atoms with Crippen LogP contribution in [0.15, 0.2) is 32.0 Å². The maximum atomic E-state index is 10.5. The molecular formula is C10H16N4O5S2Zn. The van der Waals surface area contributed by atoms with Crippen molar-refractivity contribution in [3.63, 3.8) is 0 Å². The van der Waals surface area contributed by atoms with Gasteiger partial charge in [0.1, 0.15) is 0 Å². The van der Waals surface area contributed by atoms with Crippen LogP contribution in [0, 0.1) is 13.8 Å². The van der Waals surface area contributed by atoms with Gasteiger partial charge in [-0.15, -0.1) is 0 Å². The molecule has 0 spiro atoms. The van der Waals surface area contributed by atoms with E-state index in [1.807, 2.05) is 0 Å².